The third-order valence-electron chi connectivity index (χ3n) is 5.32. The number of aryl methyl sites for hydroxylation is 1. The Balaban J connectivity index is 1.61. The van der Waals surface area contributed by atoms with Crippen LogP contribution >= 0.6 is 11.3 Å². The maximum Gasteiger partial charge on any atom is 0.223 e. The zero-order valence-corrected chi connectivity index (χ0v) is 20.4. The van der Waals surface area contributed by atoms with Crippen LogP contribution in [0.1, 0.15) is 29.3 Å². The van der Waals surface area contributed by atoms with Crippen molar-refractivity contribution in [1.29, 1.82) is 0 Å². The van der Waals surface area contributed by atoms with Gasteiger partial charge in [0.1, 0.15) is 18.1 Å². The van der Waals surface area contributed by atoms with Crippen molar-refractivity contribution in [3.05, 3.63) is 69.9 Å². The summed E-state index contributed by atoms with van der Waals surface area (Å²) in [7, 11) is 4.87. The van der Waals surface area contributed by atoms with E-state index in [1.165, 1.54) is 0 Å². The number of rotatable bonds is 12. The van der Waals surface area contributed by atoms with Crippen molar-refractivity contribution in [2.24, 2.45) is 0 Å². The van der Waals surface area contributed by atoms with Gasteiger partial charge in [-0.2, -0.15) is 0 Å². The van der Waals surface area contributed by atoms with Crippen LogP contribution in [0.5, 0.6) is 23.0 Å². The van der Waals surface area contributed by atoms with Crippen LogP contribution in [0.25, 0.3) is 0 Å². The summed E-state index contributed by atoms with van der Waals surface area (Å²) in [5, 5.41) is 2.03. The van der Waals surface area contributed by atoms with E-state index in [0.29, 0.717) is 44.0 Å². The molecule has 6 nitrogen and oxygen atoms in total. The molecule has 1 amide bonds. The second kappa shape index (κ2) is 12.2. The number of thiophene rings is 1. The topological polar surface area (TPSA) is 57.2 Å². The van der Waals surface area contributed by atoms with E-state index in [4.69, 9.17) is 18.9 Å². The van der Waals surface area contributed by atoms with Crippen LogP contribution in [0, 0.1) is 0 Å². The first-order valence-corrected chi connectivity index (χ1v) is 11.8. The number of methoxy groups -OCH3 is 3. The number of benzene rings is 2. The van der Waals surface area contributed by atoms with Crippen molar-refractivity contribution in [2.45, 2.75) is 32.9 Å². The van der Waals surface area contributed by atoms with Gasteiger partial charge in [-0.25, -0.2) is 0 Å². The van der Waals surface area contributed by atoms with Crippen LogP contribution in [-0.4, -0.2) is 38.7 Å². The van der Waals surface area contributed by atoms with Crippen molar-refractivity contribution >= 4 is 17.2 Å². The fraction of sp³-hybridized carbons (Fsp3) is 0.346. The molecule has 0 unspecified atom stereocenters. The Labute approximate surface area is 199 Å². The predicted octanol–water partition coefficient (Wildman–Crippen LogP) is 5.33. The van der Waals surface area contributed by atoms with E-state index in [1.807, 2.05) is 65.7 Å². The molecule has 0 aliphatic heterocycles. The Kier molecular flexibility index (Phi) is 9.01. The van der Waals surface area contributed by atoms with Crippen LogP contribution in [0.4, 0.5) is 0 Å². The molecule has 3 rings (SSSR count). The predicted molar refractivity (Wildman–Crippen MR) is 131 cm³/mol. The average Bonchev–Trinajstić information content (AvgIpc) is 3.38. The van der Waals surface area contributed by atoms with Crippen molar-refractivity contribution in [1.82, 2.24) is 4.90 Å². The maximum atomic E-state index is 12.9. The number of amides is 1. The highest BCUT2D eigenvalue weighted by Gasteiger charge is 2.15. The molecule has 1 aromatic heterocycles. The largest absolute Gasteiger partial charge is 0.497 e. The number of hydrogen-bond donors (Lipinski definition) is 0. The first kappa shape index (κ1) is 24.5. The number of ether oxygens (including phenoxy) is 4. The molecule has 0 atom stereocenters. The van der Waals surface area contributed by atoms with E-state index in [-0.39, 0.29) is 5.91 Å². The fourth-order valence-corrected chi connectivity index (χ4v) is 4.11. The lowest BCUT2D eigenvalue weighted by molar-refractivity contribution is -0.131. The molecule has 3 aromatic rings. The Bertz CT molecular complexity index is 1010. The molecule has 0 bridgehead atoms. The monoisotopic (exact) mass is 469 g/mol. The van der Waals surface area contributed by atoms with Crippen LogP contribution in [0.15, 0.2) is 53.9 Å². The zero-order chi connectivity index (χ0) is 23.6. The van der Waals surface area contributed by atoms with E-state index in [1.54, 1.807) is 32.7 Å². The van der Waals surface area contributed by atoms with Gasteiger partial charge in [0.05, 0.1) is 21.3 Å². The molecule has 0 saturated heterocycles. The van der Waals surface area contributed by atoms with Crippen molar-refractivity contribution in [3.63, 3.8) is 0 Å². The van der Waals surface area contributed by atoms with Gasteiger partial charge >= 0.3 is 0 Å². The van der Waals surface area contributed by atoms with Gasteiger partial charge < -0.3 is 23.8 Å². The third kappa shape index (κ3) is 6.89. The van der Waals surface area contributed by atoms with Gasteiger partial charge in [0, 0.05) is 30.5 Å². The molecule has 7 heteroatoms. The van der Waals surface area contributed by atoms with Gasteiger partial charge in [0.25, 0.3) is 0 Å². The number of nitrogens with zero attached hydrogens (tertiary/aromatic N) is 1. The summed E-state index contributed by atoms with van der Waals surface area (Å²) in [6, 6.07) is 15.6. The summed E-state index contributed by atoms with van der Waals surface area (Å²) in [6.07, 6.45) is 1.02. The normalized spacial score (nSPS) is 10.5. The number of hydrogen-bond acceptors (Lipinski definition) is 6. The summed E-state index contributed by atoms with van der Waals surface area (Å²) in [6.45, 7) is 3.63. The van der Waals surface area contributed by atoms with E-state index >= 15 is 0 Å². The lowest BCUT2D eigenvalue weighted by atomic mass is 10.1. The molecular formula is C26H31NO5S. The molecule has 0 saturated carbocycles. The molecule has 33 heavy (non-hydrogen) atoms. The van der Waals surface area contributed by atoms with Gasteiger partial charge in [-0.1, -0.05) is 12.1 Å². The van der Waals surface area contributed by atoms with Crippen molar-refractivity contribution in [3.8, 4) is 23.0 Å². The van der Waals surface area contributed by atoms with Crippen molar-refractivity contribution < 1.29 is 23.7 Å². The molecule has 2 aromatic carbocycles. The van der Waals surface area contributed by atoms with Gasteiger partial charge in [0.15, 0.2) is 11.5 Å². The maximum absolute atomic E-state index is 12.9. The highest BCUT2D eigenvalue weighted by molar-refractivity contribution is 7.09. The van der Waals surface area contributed by atoms with Crippen LogP contribution < -0.4 is 18.9 Å². The van der Waals surface area contributed by atoms with Gasteiger partial charge in [-0.15, -0.1) is 11.3 Å². The second-order valence-corrected chi connectivity index (χ2v) is 8.51. The van der Waals surface area contributed by atoms with Crippen LogP contribution in [0.3, 0.4) is 0 Å². The molecule has 0 N–H and O–H groups in total. The number of carbonyl (C=O) groups excluding carboxylic acids is 1. The summed E-state index contributed by atoms with van der Waals surface area (Å²) in [5.74, 6) is 2.89. The summed E-state index contributed by atoms with van der Waals surface area (Å²) >= 11 is 1.66. The SMILES string of the molecule is CCN(Cc1ccc(OCc2cccs2)c(OC)c1)C(=O)CCc1cc(OC)cc(OC)c1. The minimum Gasteiger partial charge on any atom is -0.497 e. The highest BCUT2D eigenvalue weighted by Crippen LogP contribution is 2.30. The molecular weight excluding hydrogens is 438 g/mol. The molecule has 1 heterocycles. The molecule has 0 fully saturated rings. The minimum atomic E-state index is 0.0938. The Morgan fingerprint density at radius 2 is 1.67 bits per heavy atom. The lowest BCUT2D eigenvalue weighted by Gasteiger charge is -2.22. The second-order valence-electron chi connectivity index (χ2n) is 7.48. The van der Waals surface area contributed by atoms with Gasteiger partial charge in [0.2, 0.25) is 5.91 Å². The molecule has 0 spiro atoms. The molecule has 0 aliphatic rings. The highest BCUT2D eigenvalue weighted by atomic mass is 32.1. The smallest absolute Gasteiger partial charge is 0.223 e. The van der Waals surface area contributed by atoms with E-state index in [9.17, 15) is 4.79 Å². The van der Waals surface area contributed by atoms with Crippen LogP contribution in [0.2, 0.25) is 0 Å². The summed E-state index contributed by atoms with van der Waals surface area (Å²) in [5.41, 5.74) is 2.00. The molecule has 176 valence electrons. The number of carbonyl (C=O) groups is 1. The Hall–Kier alpha value is -3.19. The van der Waals surface area contributed by atoms with E-state index in [2.05, 4.69) is 0 Å². The quantitative estimate of drug-likeness (QED) is 0.359. The van der Waals surface area contributed by atoms with Crippen molar-refractivity contribution in [2.75, 3.05) is 27.9 Å². The third-order valence-corrected chi connectivity index (χ3v) is 6.17. The summed E-state index contributed by atoms with van der Waals surface area (Å²) < 4.78 is 22.1. The van der Waals surface area contributed by atoms with Gasteiger partial charge in [-0.3, -0.25) is 4.79 Å². The van der Waals surface area contributed by atoms with Crippen LogP contribution in [-0.2, 0) is 24.4 Å². The molecule has 0 aliphatic carbocycles. The Morgan fingerprint density at radius 3 is 2.27 bits per heavy atom. The summed E-state index contributed by atoms with van der Waals surface area (Å²) in [4.78, 5) is 15.9. The van der Waals surface area contributed by atoms with Gasteiger partial charge in [-0.05, 0) is 60.2 Å². The zero-order valence-electron chi connectivity index (χ0n) is 19.6. The lowest BCUT2D eigenvalue weighted by Crippen LogP contribution is -2.30. The Morgan fingerprint density at radius 1 is 0.909 bits per heavy atom. The average molecular weight is 470 g/mol. The molecule has 0 radical (unpaired) electrons. The fourth-order valence-electron chi connectivity index (χ4n) is 3.49. The van der Waals surface area contributed by atoms with E-state index < -0.39 is 0 Å². The van der Waals surface area contributed by atoms with E-state index in [0.717, 1.165) is 27.5 Å². The first-order valence-electron chi connectivity index (χ1n) is 10.9. The minimum absolute atomic E-state index is 0.0938. The standard InChI is InChI=1S/C26H31NO5S/c1-5-27(26(28)11-9-19-13-21(29-2)16-22(14-19)30-3)17-20-8-10-24(25(15-20)31-4)32-18-23-7-6-12-33-23/h6-8,10,12-16H,5,9,11,17-18H2,1-4H3. The first-order chi connectivity index (χ1) is 16.1.